The van der Waals surface area contributed by atoms with Gasteiger partial charge >= 0.3 is 0 Å². The van der Waals surface area contributed by atoms with E-state index in [0.717, 1.165) is 0 Å². The maximum Gasteiger partial charge on any atom is 0.0654 e. The van der Waals surface area contributed by atoms with Gasteiger partial charge in [0.05, 0.1) is 6.04 Å². The van der Waals surface area contributed by atoms with Crippen LogP contribution in [0.2, 0.25) is 0 Å². The Labute approximate surface area is 103 Å². The minimum Gasteiger partial charge on any atom is -0.371 e. The maximum absolute atomic E-state index is 2.18. The van der Waals surface area contributed by atoms with Crippen LogP contribution in [0.5, 0.6) is 0 Å². The molecule has 1 heterocycles. The van der Waals surface area contributed by atoms with E-state index in [1.165, 1.54) is 5.56 Å². The molecule has 0 aliphatic carbocycles. The van der Waals surface area contributed by atoms with E-state index in [2.05, 4.69) is 66.7 Å². The molecule has 1 aromatic carbocycles. The second kappa shape index (κ2) is 5.90. The van der Waals surface area contributed by atoms with Crippen LogP contribution in [0.25, 0.3) is 6.08 Å². The first-order chi connectivity index (χ1) is 8.36. The summed E-state index contributed by atoms with van der Waals surface area (Å²) in [6.07, 6.45) is 16.8. The van der Waals surface area contributed by atoms with Crippen LogP contribution in [0.4, 0.5) is 0 Å². The van der Waals surface area contributed by atoms with Crippen molar-refractivity contribution in [1.29, 1.82) is 0 Å². The van der Waals surface area contributed by atoms with Crippen LogP contribution in [0.1, 0.15) is 5.56 Å². The molecule has 1 aliphatic rings. The third-order valence-corrected chi connectivity index (χ3v) is 2.72. The smallest absolute Gasteiger partial charge is 0.0654 e. The maximum atomic E-state index is 2.18. The SMILES string of the molecule is CN1C=CC=CC1/C=C/C=C/c1ccccc1. The highest BCUT2D eigenvalue weighted by atomic mass is 15.1. The molecule has 0 radical (unpaired) electrons. The van der Waals surface area contributed by atoms with Gasteiger partial charge in [-0.25, -0.2) is 0 Å². The van der Waals surface area contributed by atoms with Crippen LogP contribution < -0.4 is 0 Å². The topological polar surface area (TPSA) is 3.24 Å². The van der Waals surface area contributed by atoms with Gasteiger partial charge in [0.2, 0.25) is 0 Å². The number of likely N-dealkylation sites (N-methyl/N-ethyl adjacent to an activating group) is 1. The van der Waals surface area contributed by atoms with Crippen molar-refractivity contribution in [1.82, 2.24) is 4.90 Å². The van der Waals surface area contributed by atoms with Crippen LogP contribution in [-0.4, -0.2) is 18.0 Å². The third-order valence-electron chi connectivity index (χ3n) is 2.72. The van der Waals surface area contributed by atoms with E-state index in [-0.39, 0.29) is 0 Å². The van der Waals surface area contributed by atoms with Gasteiger partial charge in [0.25, 0.3) is 0 Å². The second-order valence-electron chi connectivity index (χ2n) is 4.04. The Balaban J connectivity index is 1.92. The molecule has 1 heteroatoms. The van der Waals surface area contributed by atoms with E-state index in [9.17, 15) is 0 Å². The van der Waals surface area contributed by atoms with E-state index in [1.54, 1.807) is 0 Å². The standard InChI is InChI=1S/C16H17N/c1-17-14-8-7-13-16(17)12-6-5-11-15-9-3-2-4-10-15/h2-14,16H,1H3/b11-5+,12-6+. The normalized spacial score (nSPS) is 19.6. The minimum atomic E-state index is 0.362. The summed E-state index contributed by atoms with van der Waals surface area (Å²) in [6, 6.07) is 10.7. The lowest BCUT2D eigenvalue weighted by Crippen LogP contribution is -2.24. The molecular weight excluding hydrogens is 206 g/mol. The van der Waals surface area contributed by atoms with E-state index >= 15 is 0 Å². The first-order valence-corrected chi connectivity index (χ1v) is 5.83. The van der Waals surface area contributed by atoms with Gasteiger partial charge in [0.15, 0.2) is 0 Å². The molecule has 17 heavy (non-hydrogen) atoms. The molecule has 0 saturated carbocycles. The molecule has 2 rings (SSSR count). The van der Waals surface area contributed by atoms with Gasteiger partial charge in [-0.05, 0) is 17.8 Å². The molecule has 0 fully saturated rings. The van der Waals surface area contributed by atoms with Crippen molar-refractivity contribution in [2.75, 3.05) is 7.05 Å². The fraction of sp³-hybridized carbons (Fsp3) is 0.125. The zero-order chi connectivity index (χ0) is 11.9. The largest absolute Gasteiger partial charge is 0.371 e. The zero-order valence-electron chi connectivity index (χ0n) is 10.0. The Kier molecular flexibility index (Phi) is 3.98. The predicted octanol–water partition coefficient (Wildman–Crippen LogP) is 3.64. The summed E-state index contributed by atoms with van der Waals surface area (Å²) >= 11 is 0. The molecule has 0 spiro atoms. The fourth-order valence-electron chi connectivity index (χ4n) is 1.71. The quantitative estimate of drug-likeness (QED) is 0.707. The van der Waals surface area contributed by atoms with E-state index in [0.29, 0.717) is 6.04 Å². The van der Waals surface area contributed by atoms with Crippen LogP contribution in [0.15, 0.2) is 73.0 Å². The fourth-order valence-corrected chi connectivity index (χ4v) is 1.71. The van der Waals surface area contributed by atoms with Crippen LogP contribution >= 0.6 is 0 Å². The summed E-state index contributed by atoms with van der Waals surface area (Å²) in [5.41, 5.74) is 1.23. The third kappa shape index (κ3) is 3.49. The highest BCUT2D eigenvalue weighted by Crippen LogP contribution is 2.07. The molecular formula is C16H17N. The Morgan fingerprint density at radius 1 is 1.06 bits per heavy atom. The first-order valence-electron chi connectivity index (χ1n) is 5.83. The minimum absolute atomic E-state index is 0.362. The van der Waals surface area contributed by atoms with Crippen molar-refractivity contribution in [3.05, 3.63) is 78.6 Å². The number of allylic oxidation sites excluding steroid dienone is 4. The summed E-state index contributed by atoms with van der Waals surface area (Å²) in [7, 11) is 2.08. The van der Waals surface area contributed by atoms with Crippen molar-refractivity contribution < 1.29 is 0 Å². The van der Waals surface area contributed by atoms with Gasteiger partial charge in [-0.3, -0.25) is 0 Å². The van der Waals surface area contributed by atoms with Crippen LogP contribution in [-0.2, 0) is 0 Å². The highest BCUT2D eigenvalue weighted by Gasteiger charge is 2.04. The van der Waals surface area contributed by atoms with Gasteiger partial charge < -0.3 is 4.90 Å². The van der Waals surface area contributed by atoms with Gasteiger partial charge in [-0.15, -0.1) is 0 Å². The lowest BCUT2D eigenvalue weighted by Gasteiger charge is -2.22. The molecule has 1 nitrogen and oxygen atoms in total. The van der Waals surface area contributed by atoms with Crippen molar-refractivity contribution >= 4 is 6.08 Å². The highest BCUT2D eigenvalue weighted by molar-refractivity contribution is 5.50. The summed E-state index contributed by atoms with van der Waals surface area (Å²) in [5, 5.41) is 0. The van der Waals surface area contributed by atoms with Gasteiger partial charge in [-0.2, -0.15) is 0 Å². The van der Waals surface area contributed by atoms with E-state index in [1.807, 2.05) is 24.3 Å². The van der Waals surface area contributed by atoms with Gasteiger partial charge in [0.1, 0.15) is 0 Å². The van der Waals surface area contributed by atoms with Crippen molar-refractivity contribution in [3.63, 3.8) is 0 Å². The van der Waals surface area contributed by atoms with Crippen molar-refractivity contribution in [3.8, 4) is 0 Å². The molecule has 1 aromatic rings. The molecule has 0 bridgehead atoms. The number of hydrogen-bond donors (Lipinski definition) is 0. The van der Waals surface area contributed by atoms with Crippen molar-refractivity contribution in [2.24, 2.45) is 0 Å². The molecule has 86 valence electrons. The first kappa shape index (κ1) is 11.5. The molecule has 1 atom stereocenters. The number of nitrogens with zero attached hydrogens (tertiary/aromatic N) is 1. The molecule has 0 aromatic heterocycles. The lowest BCUT2D eigenvalue weighted by molar-refractivity contribution is 0.433. The molecule has 0 N–H and O–H groups in total. The van der Waals surface area contributed by atoms with E-state index in [4.69, 9.17) is 0 Å². The Morgan fingerprint density at radius 2 is 1.88 bits per heavy atom. The molecule has 0 amide bonds. The number of rotatable bonds is 3. The predicted molar refractivity (Wildman–Crippen MR) is 74.4 cm³/mol. The average Bonchev–Trinajstić information content (AvgIpc) is 2.38. The summed E-state index contributed by atoms with van der Waals surface area (Å²) < 4.78 is 0. The number of benzene rings is 1. The summed E-state index contributed by atoms with van der Waals surface area (Å²) in [6.45, 7) is 0. The van der Waals surface area contributed by atoms with Gasteiger partial charge in [0, 0.05) is 7.05 Å². The van der Waals surface area contributed by atoms with E-state index < -0.39 is 0 Å². The zero-order valence-corrected chi connectivity index (χ0v) is 10.0. The summed E-state index contributed by atoms with van der Waals surface area (Å²) in [4.78, 5) is 2.17. The average molecular weight is 223 g/mol. The number of hydrogen-bond acceptors (Lipinski definition) is 1. The van der Waals surface area contributed by atoms with Crippen molar-refractivity contribution in [2.45, 2.75) is 6.04 Å². The van der Waals surface area contributed by atoms with Gasteiger partial charge in [-0.1, -0.05) is 66.8 Å². The second-order valence-corrected chi connectivity index (χ2v) is 4.04. The monoisotopic (exact) mass is 223 g/mol. The lowest BCUT2D eigenvalue weighted by atomic mass is 10.1. The van der Waals surface area contributed by atoms with Crippen LogP contribution in [0.3, 0.4) is 0 Å². The Morgan fingerprint density at radius 3 is 2.65 bits per heavy atom. The molecule has 1 unspecified atom stereocenters. The molecule has 1 aliphatic heterocycles. The Bertz CT molecular complexity index is 452. The van der Waals surface area contributed by atoms with Crippen LogP contribution in [0, 0.1) is 0 Å². The molecule has 0 saturated heterocycles. The summed E-state index contributed by atoms with van der Waals surface area (Å²) in [5.74, 6) is 0. The Hall–Kier alpha value is -2.02.